The van der Waals surface area contributed by atoms with Crippen LogP contribution < -0.4 is 4.90 Å². The van der Waals surface area contributed by atoms with Gasteiger partial charge >= 0.3 is 0 Å². The molecular weight excluding hydrogens is 360 g/mol. The maximum Gasteiger partial charge on any atom is 0.289 e. The van der Waals surface area contributed by atoms with Gasteiger partial charge in [-0.05, 0) is 31.4 Å². The molecule has 1 aliphatic heterocycles. The Morgan fingerprint density at radius 1 is 0.759 bits per heavy atom. The van der Waals surface area contributed by atoms with Crippen molar-refractivity contribution in [2.45, 2.75) is 38.9 Å². The first-order valence-electron chi connectivity index (χ1n) is 10.6. The highest BCUT2D eigenvalue weighted by Gasteiger charge is 2.22. The van der Waals surface area contributed by atoms with Gasteiger partial charge < -0.3 is 14.2 Å². The normalized spacial score (nSPS) is 14.3. The number of piperidine rings is 1. The summed E-state index contributed by atoms with van der Waals surface area (Å²) in [7, 11) is 0. The third-order valence-corrected chi connectivity index (χ3v) is 5.53. The smallest absolute Gasteiger partial charge is 0.289 e. The highest BCUT2D eigenvalue weighted by Crippen LogP contribution is 2.15. The summed E-state index contributed by atoms with van der Waals surface area (Å²) >= 11 is 0. The number of carbonyl (C=O) groups excluding carboxylic acids is 1. The van der Waals surface area contributed by atoms with Crippen LogP contribution in [0.25, 0.3) is 0 Å². The minimum Gasteiger partial charge on any atom is -0.450 e. The zero-order chi connectivity index (χ0) is 19.9. The monoisotopic (exact) mass is 389 g/mol. The Labute approximate surface area is 172 Å². The van der Waals surface area contributed by atoms with Crippen molar-refractivity contribution in [3.63, 3.8) is 0 Å². The molecule has 0 unspecified atom stereocenters. The van der Waals surface area contributed by atoms with E-state index in [1.54, 1.807) is 0 Å². The number of rotatable bonds is 7. The van der Waals surface area contributed by atoms with Gasteiger partial charge in [0.2, 0.25) is 0 Å². The predicted molar refractivity (Wildman–Crippen MR) is 113 cm³/mol. The van der Waals surface area contributed by atoms with Crippen LogP contribution in [-0.2, 0) is 19.6 Å². The summed E-state index contributed by atoms with van der Waals surface area (Å²) in [6.45, 7) is 4.25. The number of furan rings is 1. The Morgan fingerprint density at radius 2 is 1.34 bits per heavy atom. The van der Waals surface area contributed by atoms with E-state index in [0.717, 1.165) is 51.3 Å². The molecule has 0 saturated carbocycles. The number of nitrogens with one attached hydrogen (secondary N) is 1. The molecule has 4 nitrogen and oxygen atoms in total. The number of carbonyl (C=O) groups is 1. The number of benzene rings is 2. The van der Waals surface area contributed by atoms with Crippen molar-refractivity contribution in [1.82, 2.24) is 4.90 Å². The van der Waals surface area contributed by atoms with Crippen LogP contribution >= 0.6 is 0 Å². The van der Waals surface area contributed by atoms with Gasteiger partial charge in [-0.15, -0.1) is 0 Å². The van der Waals surface area contributed by atoms with Crippen LogP contribution in [0.2, 0.25) is 0 Å². The number of hydrogen-bond acceptors (Lipinski definition) is 2. The zero-order valence-electron chi connectivity index (χ0n) is 16.8. The lowest BCUT2D eigenvalue weighted by atomic mass is 10.1. The topological polar surface area (TPSA) is 37.9 Å². The molecule has 1 saturated heterocycles. The first-order valence-corrected chi connectivity index (χ1v) is 10.6. The van der Waals surface area contributed by atoms with E-state index in [1.165, 1.54) is 22.4 Å². The second kappa shape index (κ2) is 9.57. The van der Waals surface area contributed by atoms with Gasteiger partial charge in [-0.2, -0.15) is 0 Å². The summed E-state index contributed by atoms with van der Waals surface area (Å²) in [5.41, 5.74) is 2.60. The molecule has 2 heterocycles. The maximum atomic E-state index is 12.7. The molecule has 3 aromatic rings. The second-order valence-corrected chi connectivity index (χ2v) is 7.87. The van der Waals surface area contributed by atoms with Crippen LogP contribution in [0.1, 0.15) is 46.7 Å². The summed E-state index contributed by atoms with van der Waals surface area (Å²) in [4.78, 5) is 16.0. The van der Waals surface area contributed by atoms with E-state index in [0.29, 0.717) is 5.76 Å². The molecule has 0 bridgehead atoms. The highest BCUT2D eigenvalue weighted by atomic mass is 16.4. The first-order chi connectivity index (χ1) is 14.3. The van der Waals surface area contributed by atoms with E-state index < -0.39 is 0 Å². The fraction of sp³-hybridized carbons (Fsp3) is 0.320. The van der Waals surface area contributed by atoms with Crippen molar-refractivity contribution in [3.8, 4) is 0 Å². The lowest BCUT2D eigenvalue weighted by Gasteiger charge is -2.25. The van der Waals surface area contributed by atoms with E-state index in [2.05, 4.69) is 48.5 Å². The van der Waals surface area contributed by atoms with Gasteiger partial charge in [0.15, 0.2) is 11.5 Å². The molecule has 1 N–H and O–H groups in total. The van der Waals surface area contributed by atoms with Gasteiger partial charge in [0.1, 0.15) is 19.6 Å². The highest BCUT2D eigenvalue weighted by molar-refractivity contribution is 5.91. The quantitative estimate of drug-likeness (QED) is 0.669. The summed E-state index contributed by atoms with van der Waals surface area (Å²) in [6.07, 6.45) is 3.39. The van der Waals surface area contributed by atoms with E-state index in [-0.39, 0.29) is 5.91 Å². The fourth-order valence-corrected chi connectivity index (χ4v) is 4.04. The molecule has 1 aromatic heterocycles. The molecule has 1 aliphatic rings. The standard InChI is InChI=1S/C25H28N2O2/c28-25(27-16-8-3-9-17-27)24-15-14-23(29-24)20-26(18-21-10-4-1-5-11-21)19-22-12-6-2-7-13-22/h1-2,4-7,10-15H,3,8-9,16-20H2/p+1. The van der Waals surface area contributed by atoms with Crippen LogP contribution in [0.15, 0.2) is 77.2 Å². The van der Waals surface area contributed by atoms with Crippen molar-refractivity contribution < 1.29 is 14.1 Å². The van der Waals surface area contributed by atoms with E-state index in [1.807, 2.05) is 29.2 Å². The summed E-state index contributed by atoms with van der Waals surface area (Å²) in [6, 6.07) is 24.9. The summed E-state index contributed by atoms with van der Waals surface area (Å²) < 4.78 is 5.99. The largest absolute Gasteiger partial charge is 0.450 e. The number of amides is 1. The third kappa shape index (κ3) is 5.36. The van der Waals surface area contributed by atoms with Crippen LogP contribution in [0, 0.1) is 0 Å². The van der Waals surface area contributed by atoms with Gasteiger partial charge in [0.25, 0.3) is 5.91 Å². The van der Waals surface area contributed by atoms with Crippen LogP contribution in [0.4, 0.5) is 0 Å². The average molecular weight is 390 g/mol. The first kappa shape index (κ1) is 19.5. The van der Waals surface area contributed by atoms with Gasteiger partial charge in [-0.3, -0.25) is 4.79 Å². The second-order valence-electron chi connectivity index (χ2n) is 7.87. The van der Waals surface area contributed by atoms with Crippen molar-refractivity contribution in [3.05, 3.63) is 95.4 Å². The molecule has 1 fully saturated rings. The zero-order valence-corrected chi connectivity index (χ0v) is 16.8. The van der Waals surface area contributed by atoms with Crippen LogP contribution in [-0.4, -0.2) is 23.9 Å². The van der Waals surface area contributed by atoms with Crippen molar-refractivity contribution in [1.29, 1.82) is 0 Å². The molecule has 4 rings (SSSR count). The van der Waals surface area contributed by atoms with Crippen molar-refractivity contribution in [2.24, 2.45) is 0 Å². The molecule has 2 aromatic carbocycles. The lowest BCUT2D eigenvalue weighted by Crippen LogP contribution is -3.08. The Morgan fingerprint density at radius 3 is 1.93 bits per heavy atom. The minimum atomic E-state index is 0.0311. The van der Waals surface area contributed by atoms with E-state index >= 15 is 0 Å². The van der Waals surface area contributed by atoms with Crippen LogP contribution in [0.5, 0.6) is 0 Å². The van der Waals surface area contributed by atoms with Crippen molar-refractivity contribution >= 4 is 5.91 Å². The molecule has 4 heteroatoms. The summed E-state index contributed by atoms with van der Waals surface area (Å²) in [5, 5.41) is 0. The van der Waals surface area contributed by atoms with E-state index in [9.17, 15) is 4.79 Å². The lowest BCUT2D eigenvalue weighted by molar-refractivity contribution is -0.942. The molecule has 29 heavy (non-hydrogen) atoms. The summed E-state index contributed by atoms with van der Waals surface area (Å²) in [5.74, 6) is 1.37. The molecule has 0 radical (unpaired) electrons. The molecular formula is C25H29N2O2+. The number of quaternary nitrogens is 1. The Hall–Kier alpha value is -2.85. The van der Waals surface area contributed by atoms with Crippen LogP contribution in [0.3, 0.4) is 0 Å². The fourth-order valence-electron chi connectivity index (χ4n) is 4.04. The number of nitrogens with zero attached hydrogens (tertiary/aromatic N) is 1. The molecule has 0 spiro atoms. The molecule has 1 amide bonds. The van der Waals surface area contributed by atoms with Gasteiger partial charge in [-0.1, -0.05) is 60.7 Å². The SMILES string of the molecule is O=C(c1ccc(C[NH+](Cc2ccccc2)Cc2ccccc2)o1)N1CCCCC1. The van der Waals surface area contributed by atoms with Gasteiger partial charge in [0, 0.05) is 24.2 Å². The van der Waals surface area contributed by atoms with E-state index in [4.69, 9.17) is 4.42 Å². The van der Waals surface area contributed by atoms with Gasteiger partial charge in [-0.25, -0.2) is 0 Å². The molecule has 150 valence electrons. The maximum absolute atomic E-state index is 12.7. The Bertz CT molecular complexity index is 857. The Kier molecular flexibility index (Phi) is 6.42. The number of likely N-dealkylation sites (tertiary alicyclic amines) is 1. The number of hydrogen-bond donors (Lipinski definition) is 1. The Balaban J connectivity index is 1.46. The predicted octanol–water partition coefficient (Wildman–Crippen LogP) is 3.69. The minimum absolute atomic E-state index is 0.0311. The third-order valence-electron chi connectivity index (χ3n) is 5.53. The van der Waals surface area contributed by atoms with Crippen molar-refractivity contribution in [2.75, 3.05) is 13.1 Å². The van der Waals surface area contributed by atoms with Gasteiger partial charge in [0.05, 0.1) is 0 Å². The average Bonchev–Trinajstić information content (AvgIpc) is 3.24. The molecule has 0 aliphatic carbocycles. The molecule has 0 atom stereocenters.